The number of nitrogens with one attached hydrogen (secondary N) is 3. The summed E-state index contributed by atoms with van der Waals surface area (Å²) in [4.78, 5) is 47.7. The van der Waals surface area contributed by atoms with Crippen molar-refractivity contribution in [3.63, 3.8) is 0 Å². The van der Waals surface area contributed by atoms with Gasteiger partial charge < -0.3 is 26.8 Å². The molecule has 0 aromatic carbocycles. The molecule has 3 amide bonds. The predicted octanol–water partition coefficient (Wildman–Crippen LogP) is -0.884. The molecule has 0 heterocycles. The summed E-state index contributed by atoms with van der Waals surface area (Å²) in [6, 6.07) is -2.96. The van der Waals surface area contributed by atoms with Crippen LogP contribution in [0.2, 0.25) is 0 Å². The van der Waals surface area contributed by atoms with E-state index in [0.29, 0.717) is 6.42 Å². The van der Waals surface area contributed by atoms with Crippen LogP contribution < -0.4 is 21.7 Å². The zero-order valence-corrected chi connectivity index (χ0v) is 16.5. The minimum absolute atomic E-state index is 0.0240. The molecule has 0 aromatic rings. The van der Waals surface area contributed by atoms with Crippen molar-refractivity contribution in [1.82, 2.24) is 16.0 Å². The number of carboxylic acid groups (broad SMARTS) is 1. The summed E-state index contributed by atoms with van der Waals surface area (Å²) >= 11 is 4.03. The minimum atomic E-state index is -1.15. The number of rotatable bonds is 11. The molecule has 0 saturated carbocycles. The quantitative estimate of drug-likeness (QED) is 0.252. The first-order chi connectivity index (χ1) is 12.1. The van der Waals surface area contributed by atoms with Gasteiger partial charge in [0.05, 0.1) is 6.54 Å². The van der Waals surface area contributed by atoms with Gasteiger partial charge in [0, 0.05) is 5.75 Å². The van der Waals surface area contributed by atoms with Gasteiger partial charge in [-0.25, -0.2) is 4.79 Å². The second-order valence-corrected chi connectivity index (χ2v) is 6.81. The Kier molecular flexibility index (Phi) is 10.9. The van der Waals surface area contributed by atoms with Crippen molar-refractivity contribution in [2.45, 2.75) is 52.2 Å². The van der Waals surface area contributed by atoms with Gasteiger partial charge in [-0.15, -0.1) is 0 Å². The molecule has 6 N–H and O–H groups in total. The molecule has 0 bridgehead atoms. The maximum absolute atomic E-state index is 12.6. The fourth-order valence-corrected chi connectivity index (χ4v) is 2.42. The number of thiol groups is 1. The van der Waals surface area contributed by atoms with Gasteiger partial charge in [-0.3, -0.25) is 14.4 Å². The number of amides is 3. The fraction of sp³-hybridized carbons (Fsp3) is 0.750. The summed E-state index contributed by atoms with van der Waals surface area (Å²) in [6.45, 7) is 6.69. The summed E-state index contributed by atoms with van der Waals surface area (Å²) in [5.74, 6) is -3.38. The lowest BCUT2D eigenvalue weighted by Gasteiger charge is -2.28. The molecular formula is C16H30N4O5S. The van der Waals surface area contributed by atoms with E-state index in [2.05, 4.69) is 28.6 Å². The smallest absolute Gasteiger partial charge is 0.326 e. The molecule has 150 valence electrons. The highest BCUT2D eigenvalue weighted by molar-refractivity contribution is 7.80. The highest BCUT2D eigenvalue weighted by Crippen LogP contribution is 2.10. The zero-order valence-electron chi connectivity index (χ0n) is 15.6. The Morgan fingerprint density at radius 1 is 1.00 bits per heavy atom. The van der Waals surface area contributed by atoms with Crippen molar-refractivity contribution in [1.29, 1.82) is 0 Å². The molecule has 0 spiro atoms. The van der Waals surface area contributed by atoms with Gasteiger partial charge in [-0.2, -0.15) is 12.6 Å². The van der Waals surface area contributed by atoms with Gasteiger partial charge in [0.25, 0.3) is 0 Å². The molecule has 0 aromatic heterocycles. The Balaban J connectivity index is 5.25. The number of aliphatic carboxylic acids is 1. The number of carbonyl (C=O) groups is 4. The second-order valence-electron chi connectivity index (χ2n) is 6.45. The van der Waals surface area contributed by atoms with Gasteiger partial charge >= 0.3 is 5.97 Å². The number of nitrogens with two attached hydrogens (primary N) is 1. The van der Waals surface area contributed by atoms with Crippen LogP contribution in [0.5, 0.6) is 0 Å². The summed E-state index contributed by atoms with van der Waals surface area (Å²) in [6.07, 6.45) is 0.582. The van der Waals surface area contributed by atoms with Crippen LogP contribution in [0.25, 0.3) is 0 Å². The van der Waals surface area contributed by atoms with Gasteiger partial charge in [-0.1, -0.05) is 34.1 Å². The number of carboxylic acids is 1. The van der Waals surface area contributed by atoms with E-state index in [0.717, 1.165) is 0 Å². The fourth-order valence-electron chi connectivity index (χ4n) is 2.16. The average molecular weight is 391 g/mol. The first kappa shape index (κ1) is 24.2. The van der Waals surface area contributed by atoms with Gasteiger partial charge in [-0.05, 0) is 11.8 Å². The largest absolute Gasteiger partial charge is 0.480 e. The normalized spacial score (nSPS) is 15.5. The minimum Gasteiger partial charge on any atom is -0.480 e. The van der Waals surface area contributed by atoms with Crippen LogP contribution in [0.3, 0.4) is 0 Å². The first-order valence-electron chi connectivity index (χ1n) is 8.52. The Morgan fingerprint density at radius 3 is 1.92 bits per heavy atom. The Bertz CT molecular complexity index is 515. The Labute approximate surface area is 159 Å². The average Bonchev–Trinajstić information content (AvgIpc) is 2.59. The third-order valence-electron chi connectivity index (χ3n) is 4.04. The molecule has 0 radical (unpaired) electrons. The monoisotopic (exact) mass is 390 g/mol. The molecule has 4 atom stereocenters. The molecule has 0 fully saturated rings. The highest BCUT2D eigenvalue weighted by atomic mass is 32.1. The van der Waals surface area contributed by atoms with Gasteiger partial charge in [0.2, 0.25) is 17.7 Å². The van der Waals surface area contributed by atoms with Crippen molar-refractivity contribution < 1.29 is 24.3 Å². The van der Waals surface area contributed by atoms with E-state index in [-0.39, 0.29) is 24.1 Å². The van der Waals surface area contributed by atoms with Crippen molar-refractivity contribution in [3.8, 4) is 0 Å². The second kappa shape index (κ2) is 11.7. The van der Waals surface area contributed by atoms with E-state index in [1.165, 1.54) is 0 Å². The number of hydrogen-bond acceptors (Lipinski definition) is 6. The Morgan fingerprint density at radius 2 is 1.54 bits per heavy atom. The maximum Gasteiger partial charge on any atom is 0.326 e. The summed E-state index contributed by atoms with van der Waals surface area (Å²) in [5.41, 5.74) is 5.22. The van der Waals surface area contributed by atoms with Crippen molar-refractivity contribution in [2.75, 3.05) is 12.3 Å². The van der Waals surface area contributed by atoms with E-state index >= 15 is 0 Å². The summed E-state index contributed by atoms with van der Waals surface area (Å²) in [5, 5.41) is 16.7. The summed E-state index contributed by atoms with van der Waals surface area (Å²) < 4.78 is 0. The van der Waals surface area contributed by atoms with Crippen LogP contribution in [0, 0.1) is 11.8 Å². The lowest BCUT2D eigenvalue weighted by Crippen LogP contribution is -2.59. The van der Waals surface area contributed by atoms with E-state index in [9.17, 15) is 24.3 Å². The maximum atomic E-state index is 12.6. The number of carbonyl (C=O) groups excluding carboxylic acids is 3. The molecule has 26 heavy (non-hydrogen) atoms. The van der Waals surface area contributed by atoms with E-state index in [1.54, 1.807) is 20.8 Å². The topological polar surface area (TPSA) is 151 Å². The molecule has 0 aliphatic rings. The third kappa shape index (κ3) is 7.61. The molecule has 0 rings (SSSR count). The predicted molar refractivity (Wildman–Crippen MR) is 101 cm³/mol. The third-order valence-corrected chi connectivity index (χ3v) is 4.41. The van der Waals surface area contributed by atoms with E-state index in [1.807, 2.05) is 6.92 Å². The number of hydrogen-bond donors (Lipinski definition) is 6. The van der Waals surface area contributed by atoms with Gasteiger partial charge in [0.1, 0.15) is 18.1 Å². The first-order valence-corrected chi connectivity index (χ1v) is 9.15. The van der Waals surface area contributed by atoms with Crippen LogP contribution in [-0.2, 0) is 19.2 Å². The van der Waals surface area contributed by atoms with E-state index < -0.39 is 41.8 Å². The van der Waals surface area contributed by atoms with Crippen LogP contribution >= 0.6 is 12.6 Å². The summed E-state index contributed by atoms with van der Waals surface area (Å²) in [7, 11) is 0. The molecule has 0 aliphatic heterocycles. The van der Waals surface area contributed by atoms with Gasteiger partial charge in [0.15, 0.2) is 0 Å². The van der Waals surface area contributed by atoms with Crippen LogP contribution in [-0.4, -0.2) is 59.2 Å². The SMILES string of the molecule is CCC(C)C(NC(=O)C(CS)NC(=O)CN)C(=O)NC(C(=O)O)C(C)C. The molecule has 10 heteroatoms. The zero-order chi connectivity index (χ0) is 20.4. The Hall–Kier alpha value is -1.81. The van der Waals surface area contributed by atoms with Crippen LogP contribution in [0.4, 0.5) is 0 Å². The van der Waals surface area contributed by atoms with Crippen molar-refractivity contribution in [3.05, 3.63) is 0 Å². The van der Waals surface area contributed by atoms with Crippen LogP contribution in [0.1, 0.15) is 34.1 Å². The lowest BCUT2D eigenvalue weighted by molar-refractivity contribution is -0.143. The molecular weight excluding hydrogens is 360 g/mol. The van der Waals surface area contributed by atoms with Crippen LogP contribution in [0.15, 0.2) is 0 Å². The standard InChI is InChI=1S/C16H30N4O5S/c1-5-9(4)13(15(23)19-12(8(2)3)16(24)25)20-14(22)10(7-26)18-11(21)6-17/h8-10,12-13,26H,5-7,17H2,1-4H3,(H,18,21)(H,19,23)(H,20,22)(H,24,25). The molecule has 9 nitrogen and oxygen atoms in total. The van der Waals surface area contributed by atoms with E-state index in [4.69, 9.17) is 5.73 Å². The lowest BCUT2D eigenvalue weighted by atomic mass is 9.96. The van der Waals surface area contributed by atoms with Crippen molar-refractivity contribution >= 4 is 36.3 Å². The van der Waals surface area contributed by atoms with Crippen molar-refractivity contribution in [2.24, 2.45) is 17.6 Å². The molecule has 0 saturated heterocycles. The molecule has 4 unspecified atom stereocenters. The highest BCUT2D eigenvalue weighted by Gasteiger charge is 2.32. The molecule has 0 aliphatic carbocycles.